The molecule has 5 rings (SSSR count). The maximum atomic E-state index is 15.0. The van der Waals surface area contributed by atoms with Crippen molar-refractivity contribution in [1.29, 1.82) is 0 Å². The molecule has 0 bridgehead atoms. The number of benzene rings is 2. The lowest BCUT2D eigenvalue weighted by Gasteiger charge is -2.54. The summed E-state index contributed by atoms with van der Waals surface area (Å²) in [6, 6.07) is 10.0. The first-order chi connectivity index (χ1) is 24.0. The summed E-state index contributed by atoms with van der Waals surface area (Å²) in [5.41, 5.74) is -7.93. The van der Waals surface area contributed by atoms with Gasteiger partial charge in [0.25, 0.3) is 0 Å². The molecule has 51 heavy (non-hydrogen) atoms. The highest BCUT2D eigenvalue weighted by molar-refractivity contribution is 6.41. The van der Waals surface area contributed by atoms with Gasteiger partial charge in [0.05, 0.1) is 13.2 Å². The van der Waals surface area contributed by atoms with Crippen LogP contribution in [0.2, 0.25) is 0 Å². The zero-order valence-corrected chi connectivity index (χ0v) is 26.6. The molecule has 1 saturated carbocycles. The van der Waals surface area contributed by atoms with Gasteiger partial charge in [-0.2, -0.15) is 0 Å². The van der Waals surface area contributed by atoms with E-state index in [2.05, 4.69) is 0 Å². The minimum Gasteiger partial charge on any atom is -0.508 e. The topological polar surface area (TPSA) is 312 Å². The van der Waals surface area contributed by atoms with Gasteiger partial charge in [0.1, 0.15) is 89.3 Å². The molecule has 0 radical (unpaired) electrons. The number of carbonyl (C=O) groups is 3. The molecule has 276 valence electrons. The van der Waals surface area contributed by atoms with Crippen LogP contribution in [0.1, 0.15) is 11.1 Å². The molecule has 2 aromatic carbocycles. The van der Waals surface area contributed by atoms with Crippen molar-refractivity contribution in [3.63, 3.8) is 0 Å². The monoisotopic (exact) mass is 718 g/mol. The van der Waals surface area contributed by atoms with Crippen LogP contribution in [0.5, 0.6) is 11.5 Å². The van der Waals surface area contributed by atoms with Crippen molar-refractivity contribution in [2.24, 2.45) is 5.41 Å². The number of hydrogen-bond donors (Lipinski definition) is 12. The summed E-state index contributed by atoms with van der Waals surface area (Å²) in [5.74, 6) is -6.90. The number of rotatable bonds is 8. The zero-order chi connectivity index (χ0) is 37.6. The third-order valence-corrected chi connectivity index (χ3v) is 9.64. The van der Waals surface area contributed by atoms with E-state index in [1.54, 1.807) is 0 Å². The van der Waals surface area contributed by atoms with E-state index in [-0.39, 0.29) is 17.1 Å². The lowest BCUT2D eigenvalue weighted by molar-refractivity contribution is -0.272. The maximum Gasteiger partial charge on any atom is 0.216 e. The van der Waals surface area contributed by atoms with Gasteiger partial charge in [-0.1, -0.05) is 30.3 Å². The molecule has 2 aliphatic heterocycles. The molecule has 2 saturated heterocycles. The number of hydrogen-bond acceptors (Lipinski definition) is 17. The van der Waals surface area contributed by atoms with Gasteiger partial charge in [-0.25, -0.2) is 0 Å². The molecule has 1 aliphatic carbocycles. The number of ether oxygens (including phenoxy) is 2. The molecule has 12 atom stereocenters. The Morgan fingerprint density at radius 3 is 1.65 bits per heavy atom. The van der Waals surface area contributed by atoms with E-state index in [1.165, 1.54) is 42.5 Å². The van der Waals surface area contributed by atoms with Crippen molar-refractivity contribution >= 4 is 23.4 Å². The Labute approximate surface area is 288 Å². The lowest BCUT2D eigenvalue weighted by atomic mass is 9.54. The van der Waals surface area contributed by atoms with Crippen molar-refractivity contribution in [2.45, 2.75) is 73.1 Å². The largest absolute Gasteiger partial charge is 0.508 e. The highest BCUT2D eigenvalue weighted by atomic mass is 16.6. The smallest absolute Gasteiger partial charge is 0.216 e. The number of aliphatic hydroxyl groups excluding tert-OH is 9. The van der Waals surface area contributed by atoms with E-state index in [4.69, 9.17) is 9.47 Å². The van der Waals surface area contributed by atoms with E-state index in [0.29, 0.717) is 5.56 Å². The van der Waals surface area contributed by atoms with Crippen LogP contribution in [-0.4, -0.2) is 158 Å². The Kier molecular flexibility index (Phi) is 10.8. The molecule has 17 heteroatoms. The molecule has 17 nitrogen and oxygen atoms in total. The molecule has 0 spiro atoms. The number of allylic oxidation sites excluding steroid dienone is 1. The second-order valence-electron chi connectivity index (χ2n) is 12.8. The molecule has 0 aromatic heterocycles. The van der Waals surface area contributed by atoms with Gasteiger partial charge in [-0.05, 0) is 47.9 Å². The number of phenols is 2. The predicted molar refractivity (Wildman–Crippen MR) is 169 cm³/mol. The van der Waals surface area contributed by atoms with Crippen molar-refractivity contribution in [3.05, 3.63) is 77.1 Å². The van der Waals surface area contributed by atoms with Crippen molar-refractivity contribution in [2.75, 3.05) is 13.2 Å². The molecule has 2 aromatic rings. The number of ketones is 3. The second kappa shape index (κ2) is 14.5. The van der Waals surface area contributed by atoms with E-state index in [0.717, 1.165) is 18.2 Å². The van der Waals surface area contributed by atoms with Gasteiger partial charge < -0.3 is 70.8 Å². The van der Waals surface area contributed by atoms with Crippen LogP contribution in [0, 0.1) is 5.41 Å². The van der Waals surface area contributed by atoms with E-state index in [1.807, 2.05) is 0 Å². The van der Waals surface area contributed by atoms with Crippen molar-refractivity contribution < 1.29 is 85.1 Å². The number of carbonyl (C=O) groups excluding carboxylic acids is 3. The SMILES string of the molecule is O=C1/C(=C(O)\C=C\c2ccc(O)cc2)C(=O)[C@@](Cc2ccc(O)cc2)([C@H]2O[C@H](CO)[C@@H](O)[C@H](O)[C@H]2O)C(=O)[C@@]1(O)[C@@H]1O[C@H](CO)[C@@H](O)[C@H](O)[C@H]1O. The fourth-order valence-corrected chi connectivity index (χ4v) is 6.81. The minimum atomic E-state index is -3.80. The molecule has 12 N–H and O–H groups in total. The van der Waals surface area contributed by atoms with E-state index >= 15 is 4.79 Å². The van der Waals surface area contributed by atoms with E-state index in [9.17, 15) is 70.9 Å². The van der Waals surface area contributed by atoms with Crippen molar-refractivity contribution in [1.82, 2.24) is 0 Å². The standard InChI is InChI=1S/C34H38O17/c35-12-19-22(40)24(42)26(44)30(50-19)33(11-15-3-8-17(38)9-4-15)28(46)21(18(39)10-5-14-1-6-16(37)7-2-14)29(47)34(49,32(33)48)31-27(45)25(43)23(41)20(13-36)51-31/h1-10,19-20,22-27,30-31,35-45,49H,11-13H2/b10-5+,21-18+/t19-,20-,22-,23-,24+,25+,26-,27-,30+,31-,33+,34+/m1/s1. The Balaban J connectivity index is 1.81. The lowest BCUT2D eigenvalue weighted by Crippen LogP contribution is -2.78. The average molecular weight is 719 g/mol. The molecular weight excluding hydrogens is 680 g/mol. The summed E-state index contributed by atoms with van der Waals surface area (Å²) in [4.78, 5) is 44.2. The highest BCUT2D eigenvalue weighted by Crippen LogP contribution is 2.49. The van der Waals surface area contributed by atoms with E-state index < -0.39 is 120 Å². The number of phenolic OH excluding ortho intramolecular Hbond substituents is 2. The number of aliphatic hydroxyl groups is 10. The van der Waals surface area contributed by atoms with Crippen LogP contribution in [0.25, 0.3) is 6.08 Å². The Hall–Kier alpha value is -4.11. The fraction of sp³-hybridized carbons (Fsp3) is 0.441. The Morgan fingerprint density at radius 2 is 1.14 bits per heavy atom. The molecule has 3 aliphatic rings. The maximum absolute atomic E-state index is 15.0. The van der Waals surface area contributed by atoms with Crippen LogP contribution in [0.3, 0.4) is 0 Å². The van der Waals surface area contributed by atoms with Crippen LogP contribution >= 0.6 is 0 Å². The first kappa shape index (κ1) is 38.1. The van der Waals surface area contributed by atoms with Gasteiger partial charge in [0.15, 0.2) is 11.6 Å². The summed E-state index contributed by atoms with van der Waals surface area (Å²) >= 11 is 0. The number of Topliss-reactive ketones (excluding diaryl/α,β-unsaturated/α-hetero) is 3. The summed E-state index contributed by atoms with van der Waals surface area (Å²) in [6.45, 7) is -2.12. The van der Waals surface area contributed by atoms with Gasteiger partial charge in [-0.3, -0.25) is 14.4 Å². The third kappa shape index (κ3) is 6.36. The van der Waals surface area contributed by atoms with Gasteiger partial charge in [-0.15, -0.1) is 0 Å². The number of aromatic hydroxyl groups is 2. The van der Waals surface area contributed by atoms with Gasteiger partial charge in [0, 0.05) is 0 Å². The normalized spacial score (nSPS) is 38.6. The second-order valence-corrected chi connectivity index (χ2v) is 12.8. The first-order valence-electron chi connectivity index (χ1n) is 15.7. The van der Waals surface area contributed by atoms with Gasteiger partial charge >= 0.3 is 0 Å². The summed E-state index contributed by atoms with van der Waals surface area (Å²) < 4.78 is 11.1. The zero-order valence-electron chi connectivity index (χ0n) is 26.6. The van der Waals surface area contributed by atoms with Crippen LogP contribution in [0.4, 0.5) is 0 Å². The third-order valence-electron chi connectivity index (χ3n) is 9.64. The Bertz CT molecular complexity index is 1690. The first-order valence-corrected chi connectivity index (χ1v) is 15.7. The minimum absolute atomic E-state index is 0.00423. The van der Waals surface area contributed by atoms with Crippen LogP contribution in [-0.2, 0) is 30.3 Å². The fourth-order valence-electron chi connectivity index (χ4n) is 6.81. The Morgan fingerprint density at radius 1 is 0.667 bits per heavy atom. The van der Waals surface area contributed by atoms with Crippen molar-refractivity contribution in [3.8, 4) is 11.5 Å². The van der Waals surface area contributed by atoms with Crippen LogP contribution in [0.15, 0.2) is 65.9 Å². The highest BCUT2D eigenvalue weighted by Gasteiger charge is 2.74. The summed E-state index contributed by atoms with van der Waals surface area (Å²) in [7, 11) is 0. The van der Waals surface area contributed by atoms with Crippen LogP contribution < -0.4 is 0 Å². The summed E-state index contributed by atoms with van der Waals surface area (Å²) in [6.07, 6.45) is -20.8. The predicted octanol–water partition coefficient (Wildman–Crippen LogP) is -3.71. The molecule has 0 amide bonds. The molecule has 0 unspecified atom stereocenters. The molecule has 3 fully saturated rings. The molecule has 2 heterocycles. The quantitative estimate of drug-likeness (QED) is 0.0541. The summed E-state index contributed by atoms with van der Waals surface area (Å²) in [5, 5.41) is 128. The average Bonchev–Trinajstić information content (AvgIpc) is 3.11. The molecular formula is C34H38O17. The van der Waals surface area contributed by atoms with Gasteiger partial charge in [0.2, 0.25) is 11.4 Å².